The van der Waals surface area contributed by atoms with Gasteiger partial charge in [0.25, 0.3) is 0 Å². The van der Waals surface area contributed by atoms with Gasteiger partial charge in [-0.3, -0.25) is 4.79 Å². The van der Waals surface area contributed by atoms with Crippen LogP contribution < -0.4 is 5.32 Å². The Balaban J connectivity index is 1.88. The highest BCUT2D eigenvalue weighted by atomic mass is 19.2. The first kappa shape index (κ1) is 18.2. The fraction of sp³-hybridized carbons (Fsp3) is 0.529. The lowest BCUT2D eigenvalue weighted by molar-refractivity contribution is -0.143. The van der Waals surface area contributed by atoms with Crippen LogP contribution in [0.15, 0.2) is 18.2 Å². The van der Waals surface area contributed by atoms with Gasteiger partial charge in [-0.1, -0.05) is 6.07 Å². The Labute approximate surface area is 140 Å². The minimum absolute atomic E-state index is 0.173. The zero-order valence-corrected chi connectivity index (χ0v) is 13.7. The predicted molar refractivity (Wildman–Crippen MR) is 85.5 cm³/mol. The minimum Gasteiger partial charge on any atom is -0.466 e. The first-order valence-corrected chi connectivity index (χ1v) is 8.16. The van der Waals surface area contributed by atoms with Crippen molar-refractivity contribution in [2.45, 2.75) is 32.6 Å². The Kier molecular flexibility index (Phi) is 6.52. The Bertz CT molecular complexity index is 595. The molecule has 1 aliphatic heterocycles. The molecule has 0 aromatic heterocycles. The zero-order chi connectivity index (χ0) is 17.5. The number of amides is 2. The molecular weight excluding hydrogens is 318 g/mol. The van der Waals surface area contributed by atoms with Gasteiger partial charge in [-0.05, 0) is 44.2 Å². The van der Waals surface area contributed by atoms with Crippen molar-refractivity contribution >= 4 is 17.7 Å². The summed E-state index contributed by atoms with van der Waals surface area (Å²) in [6, 6.07) is 3.20. The van der Waals surface area contributed by atoms with Crippen LogP contribution in [0, 0.1) is 17.6 Å². The van der Waals surface area contributed by atoms with Crippen molar-refractivity contribution in [2.24, 2.45) is 5.92 Å². The van der Waals surface area contributed by atoms with Gasteiger partial charge in [0, 0.05) is 19.5 Å². The third kappa shape index (κ3) is 4.91. The number of carbonyl (C=O) groups is 2. The Hall–Kier alpha value is -2.18. The lowest BCUT2D eigenvalue weighted by atomic mass is 9.93. The molecule has 0 spiro atoms. The van der Waals surface area contributed by atoms with Crippen LogP contribution in [0.25, 0.3) is 0 Å². The van der Waals surface area contributed by atoms with E-state index in [0.717, 1.165) is 18.9 Å². The molecule has 5 nitrogen and oxygen atoms in total. The number of hydrogen-bond acceptors (Lipinski definition) is 3. The summed E-state index contributed by atoms with van der Waals surface area (Å²) in [6.07, 6.45) is 2.72. The molecular formula is C17H22F2N2O3. The van der Waals surface area contributed by atoms with E-state index in [1.165, 1.54) is 12.1 Å². The molecule has 1 N–H and O–H groups in total. The van der Waals surface area contributed by atoms with Crippen LogP contribution in [0.4, 0.5) is 19.3 Å². The molecule has 1 heterocycles. The van der Waals surface area contributed by atoms with Crippen LogP contribution in [0.3, 0.4) is 0 Å². The molecule has 0 radical (unpaired) electrons. The average molecular weight is 340 g/mol. The molecule has 1 atom stereocenters. The summed E-state index contributed by atoms with van der Waals surface area (Å²) in [4.78, 5) is 25.2. The average Bonchev–Trinajstić information content (AvgIpc) is 2.57. The number of anilines is 1. The SMILES string of the molecule is CCOC(=O)CC[C@@H]1CCCN(C(=O)Nc2cccc(F)c2F)C1. The summed E-state index contributed by atoms with van der Waals surface area (Å²) in [5.74, 6) is -2.10. The second kappa shape index (κ2) is 8.61. The summed E-state index contributed by atoms with van der Waals surface area (Å²) in [5, 5.41) is 2.41. The molecule has 0 aliphatic carbocycles. The Morgan fingerprint density at radius 2 is 2.17 bits per heavy atom. The minimum atomic E-state index is -1.07. The molecule has 1 aromatic carbocycles. The lowest BCUT2D eigenvalue weighted by Crippen LogP contribution is -2.42. The molecule has 1 saturated heterocycles. The summed E-state index contributed by atoms with van der Waals surface area (Å²) >= 11 is 0. The van der Waals surface area contributed by atoms with Gasteiger partial charge >= 0.3 is 12.0 Å². The number of benzene rings is 1. The molecule has 1 aliphatic rings. The number of hydrogen-bond donors (Lipinski definition) is 1. The number of nitrogens with one attached hydrogen (secondary N) is 1. The van der Waals surface area contributed by atoms with E-state index < -0.39 is 17.7 Å². The van der Waals surface area contributed by atoms with Gasteiger partial charge in [0.2, 0.25) is 0 Å². The Morgan fingerprint density at radius 3 is 2.92 bits per heavy atom. The first-order valence-electron chi connectivity index (χ1n) is 8.16. The van der Waals surface area contributed by atoms with Gasteiger partial charge in [0.1, 0.15) is 0 Å². The molecule has 0 bridgehead atoms. The largest absolute Gasteiger partial charge is 0.466 e. The normalized spacial score (nSPS) is 17.5. The number of piperidine rings is 1. The van der Waals surface area contributed by atoms with Crippen molar-refractivity contribution in [3.05, 3.63) is 29.8 Å². The summed E-state index contributed by atoms with van der Waals surface area (Å²) < 4.78 is 31.7. The van der Waals surface area contributed by atoms with E-state index in [1.807, 2.05) is 0 Å². The van der Waals surface area contributed by atoms with Gasteiger partial charge in [0.05, 0.1) is 12.3 Å². The van der Waals surface area contributed by atoms with Crippen LogP contribution >= 0.6 is 0 Å². The topological polar surface area (TPSA) is 58.6 Å². The molecule has 0 unspecified atom stereocenters. The highest BCUT2D eigenvalue weighted by Gasteiger charge is 2.25. The molecule has 24 heavy (non-hydrogen) atoms. The van der Waals surface area contributed by atoms with Crippen LogP contribution in [0.2, 0.25) is 0 Å². The van der Waals surface area contributed by atoms with E-state index in [9.17, 15) is 18.4 Å². The fourth-order valence-electron chi connectivity index (χ4n) is 2.83. The van der Waals surface area contributed by atoms with Crippen molar-refractivity contribution in [3.63, 3.8) is 0 Å². The predicted octanol–water partition coefficient (Wildman–Crippen LogP) is 3.55. The molecule has 132 valence electrons. The first-order chi connectivity index (χ1) is 11.5. The van der Waals surface area contributed by atoms with Crippen LogP contribution in [-0.4, -0.2) is 36.6 Å². The standard InChI is InChI=1S/C17H22F2N2O3/c1-2-24-15(22)9-8-12-5-4-10-21(11-12)17(23)20-14-7-3-6-13(18)16(14)19/h3,6-7,12H,2,4-5,8-11H2,1H3,(H,20,23)/t12-/m0/s1. The van der Waals surface area contributed by atoms with Crippen molar-refractivity contribution < 1.29 is 23.1 Å². The molecule has 1 fully saturated rings. The molecule has 2 amide bonds. The highest BCUT2D eigenvalue weighted by Crippen LogP contribution is 2.23. The van der Waals surface area contributed by atoms with Crippen LogP contribution in [0.5, 0.6) is 0 Å². The number of likely N-dealkylation sites (tertiary alicyclic amines) is 1. The number of nitrogens with zero attached hydrogens (tertiary/aromatic N) is 1. The number of ether oxygens (including phenoxy) is 1. The number of carbonyl (C=O) groups excluding carboxylic acids is 2. The van der Waals surface area contributed by atoms with Gasteiger partial charge in [-0.15, -0.1) is 0 Å². The van der Waals surface area contributed by atoms with Crippen LogP contribution in [0.1, 0.15) is 32.6 Å². The number of halogens is 2. The van der Waals surface area contributed by atoms with E-state index >= 15 is 0 Å². The van der Waals surface area contributed by atoms with E-state index in [4.69, 9.17) is 4.74 Å². The van der Waals surface area contributed by atoms with Crippen LogP contribution in [-0.2, 0) is 9.53 Å². The second-order valence-electron chi connectivity index (χ2n) is 5.83. The van der Waals surface area contributed by atoms with Crippen molar-refractivity contribution in [1.82, 2.24) is 4.90 Å². The molecule has 1 aromatic rings. The maximum Gasteiger partial charge on any atom is 0.321 e. The van der Waals surface area contributed by atoms with Crippen molar-refractivity contribution in [3.8, 4) is 0 Å². The molecule has 2 rings (SSSR count). The second-order valence-corrected chi connectivity index (χ2v) is 5.83. The van der Waals surface area contributed by atoms with Gasteiger partial charge in [0.15, 0.2) is 11.6 Å². The number of urea groups is 1. The third-order valence-electron chi connectivity index (χ3n) is 4.06. The smallest absolute Gasteiger partial charge is 0.321 e. The Morgan fingerprint density at radius 1 is 1.38 bits per heavy atom. The lowest BCUT2D eigenvalue weighted by Gasteiger charge is -2.32. The van der Waals surface area contributed by atoms with Gasteiger partial charge < -0.3 is 15.0 Å². The van der Waals surface area contributed by atoms with E-state index in [0.29, 0.717) is 32.5 Å². The number of rotatable bonds is 5. The maximum atomic E-state index is 13.6. The number of esters is 1. The quantitative estimate of drug-likeness (QED) is 0.834. The van der Waals surface area contributed by atoms with Gasteiger partial charge in [-0.25, -0.2) is 13.6 Å². The monoisotopic (exact) mass is 340 g/mol. The summed E-state index contributed by atoms with van der Waals surface area (Å²) in [7, 11) is 0. The fourth-order valence-corrected chi connectivity index (χ4v) is 2.83. The van der Waals surface area contributed by atoms with Crippen molar-refractivity contribution in [2.75, 3.05) is 25.0 Å². The summed E-state index contributed by atoms with van der Waals surface area (Å²) in [6.45, 7) is 3.16. The molecule has 7 heteroatoms. The summed E-state index contributed by atoms with van der Waals surface area (Å²) in [5.41, 5.74) is -0.173. The maximum absolute atomic E-state index is 13.6. The van der Waals surface area contributed by atoms with Crippen molar-refractivity contribution in [1.29, 1.82) is 0 Å². The van der Waals surface area contributed by atoms with E-state index in [-0.39, 0.29) is 17.6 Å². The van der Waals surface area contributed by atoms with Gasteiger partial charge in [-0.2, -0.15) is 0 Å². The third-order valence-corrected chi connectivity index (χ3v) is 4.06. The van der Waals surface area contributed by atoms with E-state index in [2.05, 4.69) is 5.32 Å². The molecule has 0 saturated carbocycles. The zero-order valence-electron chi connectivity index (χ0n) is 13.7. The van der Waals surface area contributed by atoms with E-state index in [1.54, 1.807) is 11.8 Å². The highest BCUT2D eigenvalue weighted by molar-refractivity contribution is 5.89.